The fourth-order valence-electron chi connectivity index (χ4n) is 1.18. The van der Waals surface area contributed by atoms with Crippen molar-refractivity contribution < 1.29 is 14.2 Å². The summed E-state index contributed by atoms with van der Waals surface area (Å²) in [4.78, 5) is 8.09. The first kappa shape index (κ1) is 14.3. The lowest BCUT2D eigenvalue weighted by Crippen LogP contribution is -2.16. The van der Waals surface area contributed by atoms with Crippen molar-refractivity contribution in [1.29, 1.82) is 5.41 Å². The molecule has 18 heavy (non-hydrogen) atoms. The zero-order valence-corrected chi connectivity index (χ0v) is 10.6. The summed E-state index contributed by atoms with van der Waals surface area (Å²) in [7, 11) is 1.61. The Balaban J connectivity index is 2.40. The number of nitrogens with two attached hydrogens (primary N) is 1. The molecule has 1 aromatic rings. The average molecular weight is 254 g/mol. The molecule has 0 amide bonds. The van der Waals surface area contributed by atoms with Gasteiger partial charge in [-0.05, 0) is 13.0 Å². The standard InChI is InChI=1S/C11H18N4O3/c1-8-7-9(10(12)13)15-11(14-8)18-6-5-17-4-3-16-2/h7H,3-6H2,1-2H3,(H3,12,13). The smallest absolute Gasteiger partial charge is 0.317 e. The van der Waals surface area contributed by atoms with Gasteiger partial charge in [0.05, 0.1) is 19.8 Å². The van der Waals surface area contributed by atoms with Crippen molar-refractivity contribution in [3.05, 3.63) is 17.5 Å². The summed E-state index contributed by atoms with van der Waals surface area (Å²) < 4.78 is 15.4. The van der Waals surface area contributed by atoms with E-state index in [1.807, 2.05) is 0 Å². The lowest BCUT2D eigenvalue weighted by molar-refractivity contribution is 0.0528. The Kier molecular flexibility index (Phi) is 6.03. The van der Waals surface area contributed by atoms with Crippen LogP contribution in [0.2, 0.25) is 0 Å². The van der Waals surface area contributed by atoms with Crippen LogP contribution >= 0.6 is 0 Å². The number of aromatic nitrogens is 2. The van der Waals surface area contributed by atoms with Crippen molar-refractivity contribution in [2.75, 3.05) is 33.5 Å². The van der Waals surface area contributed by atoms with Gasteiger partial charge in [0.15, 0.2) is 0 Å². The van der Waals surface area contributed by atoms with E-state index in [0.29, 0.717) is 37.8 Å². The topological polar surface area (TPSA) is 103 Å². The van der Waals surface area contributed by atoms with Crippen LogP contribution in [0.25, 0.3) is 0 Å². The molecule has 0 aliphatic carbocycles. The molecular weight excluding hydrogens is 236 g/mol. The second kappa shape index (κ2) is 7.57. The van der Waals surface area contributed by atoms with Gasteiger partial charge in [-0.2, -0.15) is 4.98 Å². The number of nitrogen functional groups attached to an aromatic ring is 1. The molecule has 0 spiro atoms. The predicted molar refractivity (Wildman–Crippen MR) is 66.0 cm³/mol. The minimum Gasteiger partial charge on any atom is -0.461 e. The molecule has 0 saturated carbocycles. The van der Waals surface area contributed by atoms with Gasteiger partial charge in [-0.15, -0.1) is 0 Å². The van der Waals surface area contributed by atoms with Crippen molar-refractivity contribution in [3.63, 3.8) is 0 Å². The lowest BCUT2D eigenvalue weighted by atomic mass is 10.3. The first-order valence-electron chi connectivity index (χ1n) is 5.53. The molecule has 0 aliphatic heterocycles. The fraction of sp³-hybridized carbons (Fsp3) is 0.545. The summed E-state index contributed by atoms with van der Waals surface area (Å²) in [6.07, 6.45) is 0. The molecule has 7 heteroatoms. The van der Waals surface area contributed by atoms with Gasteiger partial charge in [0, 0.05) is 12.8 Å². The summed E-state index contributed by atoms with van der Waals surface area (Å²) in [5.41, 5.74) is 6.42. The molecule has 100 valence electrons. The Hall–Kier alpha value is -1.73. The highest BCUT2D eigenvalue weighted by Gasteiger charge is 2.05. The van der Waals surface area contributed by atoms with Crippen molar-refractivity contribution >= 4 is 5.84 Å². The zero-order valence-electron chi connectivity index (χ0n) is 10.6. The predicted octanol–water partition coefficient (Wildman–Crippen LogP) is 0.111. The van der Waals surface area contributed by atoms with Crippen LogP contribution in [0.3, 0.4) is 0 Å². The van der Waals surface area contributed by atoms with E-state index in [4.69, 9.17) is 25.4 Å². The maximum absolute atomic E-state index is 7.31. The number of amidine groups is 1. The monoisotopic (exact) mass is 254 g/mol. The number of rotatable bonds is 8. The third-order valence-electron chi connectivity index (χ3n) is 2.00. The number of nitrogens with zero attached hydrogens (tertiary/aromatic N) is 2. The third-order valence-corrected chi connectivity index (χ3v) is 2.00. The van der Waals surface area contributed by atoms with Crippen molar-refractivity contribution in [2.45, 2.75) is 6.92 Å². The number of nitrogens with one attached hydrogen (secondary N) is 1. The molecule has 1 aromatic heterocycles. The molecule has 0 unspecified atom stereocenters. The number of hydrogen-bond acceptors (Lipinski definition) is 6. The molecule has 1 rings (SSSR count). The van der Waals surface area contributed by atoms with Crippen LogP contribution in [0.5, 0.6) is 6.01 Å². The van der Waals surface area contributed by atoms with Crippen molar-refractivity contribution in [3.8, 4) is 6.01 Å². The van der Waals surface area contributed by atoms with Crippen LogP contribution in [-0.4, -0.2) is 49.3 Å². The first-order valence-corrected chi connectivity index (χ1v) is 5.53. The van der Waals surface area contributed by atoms with Gasteiger partial charge in [-0.3, -0.25) is 5.41 Å². The molecule has 0 aliphatic rings. The van der Waals surface area contributed by atoms with E-state index >= 15 is 0 Å². The maximum atomic E-state index is 7.31. The average Bonchev–Trinajstić information content (AvgIpc) is 2.33. The van der Waals surface area contributed by atoms with Gasteiger partial charge >= 0.3 is 6.01 Å². The number of aryl methyl sites for hydroxylation is 1. The van der Waals surface area contributed by atoms with E-state index in [1.165, 1.54) is 0 Å². The van der Waals surface area contributed by atoms with Gasteiger partial charge in [-0.1, -0.05) is 0 Å². The molecular formula is C11H18N4O3. The Bertz CT molecular complexity index is 398. The van der Waals surface area contributed by atoms with E-state index < -0.39 is 0 Å². The number of hydrogen-bond donors (Lipinski definition) is 2. The summed E-state index contributed by atoms with van der Waals surface area (Å²) in [5.74, 6) is -0.110. The molecule has 0 fully saturated rings. The van der Waals surface area contributed by atoms with Gasteiger partial charge in [0.2, 0.25) is 0 Å². The lowest BCUT2D eigenvalue weighted by Gasteiger charge is -2.07. The van der Waals surface area contributed by atoms with E-state index in [0.717, 1.165) is 0 Å². The van der Waals surface area contributed by atoms with Gasteiger partial charge in [0.1, 0.15) is 18.1 Å². The quantitative estimate of drug-likeness (QED) is 0.388. The Morgan fingerprint density at radius 3 is 2.67 bits per heavy atom. The minimum absolute atomic E-state index is 0.110. The van der Waals surface area contributed by atoms with Crippen molar-refractivity contribution in [1.82, 2.24) is 9.97 Å². The molecule has 0 radical (unpaired) electrons. The summed E-state index contributed by atoms with van der Waals surface area (Å²) in [6, 6.07) is 1.83. The molecule has 0 bridgehead atoms. The summed E-state index contributed by atoms with van der Waals surface area (Å²) >= 11 is 0. The van der Waals surface area contributed by atoms with Crippen LogP contribution in [0.4, 0.5) is 0 Å². The molecule has 0 saturated heterocycles. The third kappa shape index (κ3) is 5.07. The zero-order chi connectivity index (χ0) is 13.4. The van der Waals surface area contributed by atoms with E-state index in [1.54, 1.807) is 20.1 Å². The number of ether oxygens (including phenoxy) is 3. The number of methoxy groups -OCH3 is 1. The highest BCUT2D eigenvalue weighted by molar-refractivity contribution is 5.93. The van der Waals surface area contributed by atoms with Crippen molar-refractivity contribution in [2.24, 2.45) is 5.73 Å². The minimum atomic E-state index is -0.110. The Morgan fingerprint density at radius 2 is 2.00 bits per heavy atom. The summed E-state index contributed by atoms with van der Waals surface area (Å²) in [5, 5.41) is 7.31. The van der Waals surface area contributed by atoms with Crippen LogP contribution in [0.1, 0.15) is 11.4 Å². The van der Waals surface area contributed by atoms with Crippen LogP contribution in [0, 0.1) is 12.3 Å². The molecule has 0 atom stereocenters. The normalized spacial score (nSPS) is 10.3. The highest BCUT2D eigenvalue weighted by atomic mass is 16.5. The fourth-order valence-corrected chi connectivity index (χ4v) is 1.18. The Morgan fingerprint density at radius 1 is 1.28 bits per heavy atom. The molecule has 7 nitrogen and oxygen atoms in total. The van der Waals surface area contributed by atoms with Crippen LogP contribution in [0.15, 0.2) is 6.07 Å². The SMILES string of the molecule is COCCOCCOc1nc(C)cc(C(=N)N)n1. The van der Waals surface area contributed by atoms with Gasteiger partial charge in [-0.25, -0.2) is 4.98 Å². The Labute approximate surface area is 106 Å². The second-order valence-electron chi connectivity index (χ2n) is 3.54. The van der Waals surface area contributed by atoms with E-state index in [2.05, 4.69) is 9.97 Å². The second-order valence-corrected chi connectivity index (χ2v) is 3.54. The van der Waals surface area contributed by atoms with Crippen LogP contribution < -0.4 is 10.5 Å². The summed E-state index contributed by atoms with van der Waals surface area (Å²) in [6.45, 7) is 3.62. The largest absolute Gasteiger partial charge is 0.461 e. The first-order chi connectivity index (χ1) is 8.63. The molecule has 1 heterocycles. The van der Waals surface area contributed by atoms with Gasteiger partial charge in [0.25, 0.3) is 0 Å². The highest BCUT2D eigenvalue weighted by Crippen LogP contribution is 2.06. The van der Waals surface area contributed by atoms with Crippen LogP contribution in [-0.2, 0) is 9.47 Å². The van der Waals surface area contributed by atoms with E-state index in [9.17, 15) is 0 Å². The maximum Gasteiger partial charge on any atom is 0.317 e. The van der Waals surface area contributed by atoms with Gasteiger partial charge < -0.3 is 19.9 Å². The molecule has 3 N–H and O–H groups in total. The van der Waals surface area contributed by atoms with E-state index in [-0.39, 0.29) is 11.8 Å². The molecule has 0 aromatic carbocycles.